The summed E-state index contributed by atoms with van der Waals surface area (Å²) in [6.45, 7) is 5.22. The lowest BCUT2D eigenvalue weighted by molar-refractivity contribution is -0.384. The molecule has 5 rings (SSSR count). The Kier molecular flexibility index (Phi) is 7.65. The maximum atomic E-state index is 13.8. The third-order valence-electron chi connectivity index (χ3n) is 6.33. The second kappa shape index (κ2) is 11.2. The van der Waals surface area contributed by atoms with Gasteiger partial charge in [0.05, 0.1) is 51.6 Å². The zero-order chi connectivity index (χ0) is 29.4. The van der Waals surface area contributed by atoms with Crippen LogP contribution in [0.1, 0.15) is 38.1 Å². The minimum absolute atomic E-state index is 0.110. The fourth-order valence-electron chi connectivity index (χ4n) is 4.52. The van der Waals surface area contributed by atoms with Crippen molar-refractivity contribution < 1.29 is 23.6 Å². The largest absolute Gasteiger partial charge is 0.496 e. The van der Waals surface area contributed by atoms with Crippen molar-refractivity contribution in [1.82, 2.24) is 4.57 Å². The Morgan fingerprint density at radius 3 is 2.59 bits per heavy atom. The fraction of sp³-hybridized carbons (Fsp3) is 0.207. The third kappa shape index (κ3) is 5.46. The van der Waals surface area contributed by atoms with E-state index in [1.54, 1.807) is 69.3 Å². The summed E-state index contributed by atoms with van der Waals surface area (Å²) in [5.41, 5.74) is 1.45. The number of rotatable bonds is 7. The van der Waals surface area contributed by atoms with Crippen LogP contribution in [-0.2, 0) is 9.53 Å². The van der Waals surface area contributed by atoms with Gasteiger partial charge in [0.1, 0.15) is 17.3 Å². The first-order valence-electron chi connectivity index (χ1n) is 12.5. The molecule has 0 saturated carbocycles. The van der Waals surface area contributed by atoms with E-state index >= 15 is 0 Å². The van der Waals surface area contributed by atoms with Gasteiger partial charge in [-0.1, -0.05) is 35.1 Å². The van der Waals surface area contributed by atoms with E-state index < -0.39 is 16.9 Å². The highest BCUT2D eigenvalue weighted by Gasteiger charge is 2.33. The minimum atomic E-state index is -0.770. The first-order valence-corrected chi connectivity index (χ1v) is 13.7. The fourth-order valence-corrected chi connectivity index (χ4v) is 5.67. The molecule has 0 radical (unpaired) electrons. The number of methoxy groups -OCH3 is 1. The van der Waals surface area contributed by atoms with Crippen LogP contribution >= 0.6 is 22.9 Å². The summed E-state index contributed by atoms with van der Waals surface area (Å²) < 4.78 is 18.6. The molecule has 1 atom stereocenters. The number of hydrogen-bond acceptors (Lipinski definition) is 9. The van der Waals surface area contributed by atoms with Crippen LogP contribution in [0.2, 0.25) is 5.02 Å². The number of furan rings is 1. The molecule has 41 heavy (non-hydrogen) atoms. The zero-order valence-electron chi connectivity index (χ0n) is 22.4. The van der Waals surface area contributed by atoms with Gasteiger partial charge in [-0.25, -0.2) is 9.79 Å². The van der Waals surface area contributed by atoms with Gasteiger partial charge >= 0.3 is 5.97 Å². The summed E-state index contributed by atoms with van der Waals surface area (Å²) >= 11 is 7.28. The summed E-state index contributed by atoms with van der Waals surface area (Å²) in [7, 11) is 1.41. The highest BCUT2D eigenvalue weighted by molar-refractivity contribution is 7.07. The number of hydrogen-bond donors (Lipinski definition) is 0. The molecular weight excluding hydrogens is 570 g/mol. The quantitative estimate of drug-likeness (QED) is 0.167. The second-order valence-electron chi connectivity index (χ2n) is 9.43. The minimum Gasteiger partial charge on any atom is -0.496 e. The number of halogens is 1. The van der Waals surface area contributed by atoms with Crippen LogP contribution in [-0.4, -0.2) is 28.7 Å². The number of benzene rings is 2. The number of esters is 1. The Morgan fingerprint density at radius 2 is 1.93 bits per heavy atom. The number of nitro groups is 1. The lowest BCUT2D eigenvalue weighted by Gasteiger charge is -2.25. The molecule has 4 aromatic rings. The molecule has 210 valence electrons. The molecule has 0 saturated heterocycles. The SMILES string of the molecule is COc1cc([N+](=O)[O-])ccc1-c1ccc(/C=c2\sc3n(c2=O)[C@@H](c2ccc(Cl)cc2)C(C(=O)OC(C)C)=C(C)N=3)o1. The topological polar surface area (TPSA) is 126 Å². The number of allylic oxidation sites excluding steroid dienone is 1. The van der Waals surface area contributed by atoms with Crippen molar-refractivity contribution in [2.75, 3.05) is 7.11 Å². The van der Waals surface area contributed by atoms with Gasteiger partial charge in [0.15, 0.2) is 4.80 Å². The van der Waals surface area contributed by atoms with Crippen LogP contribution in [0, 0.1) is 10.1 Å². The number of nitro benzene ring substituents is 1. The highest BCUT2D eigenvalue weighted by Crippen LogP contribution is 2.35. The Hall–Kier alpha value is -4.48. The van der Waals surface area contributed by atoms with Gasteiger partial charge in [-0.15, -0.1) is 0 Å². The van der Waals surface area contributed by atoms with Gasteiger partial charge in [-0.05, 0) is 56.7 Å². The zero-order valence-corrected chi connectivity index (χ0v) is 24.0. The van der Waals surface area contributed by atoms with E-state index in [1.165, 1.54) is 23.8 Å². The van der Waals surface area contributed by atoms with E-state index in [0.717, 1.165) is 11.3 Å². The van der Waals surface area contributed by atoms with Crippen molar-refractivity contribution in [1.29, 1.82) is 0 Å². The summed E-state index contributed by atoms with van der Waals surface area (Å²) in [6.07, 6.45) is 1.23. The summed E-state index contributed by atoms with van der Waals surface area (Å²) in [5.74, 6) is 0.509. The molecule has 0 spiro atoms. The molecule has 0 aliphatic carbocycles. The first-order chi connectivity index (χ1) is 19.6. The highest BCUT2D eigenvalue weighted by atomic mass is 35.5. The van der Waals surface area contributed by atoms with E-state index in [9.17, 15) is 19.7 Å². The number of thiazole rings is 1. The van der Waals surface area contributed by atoms with Crippen LogP contribution in [0.3, 0.4) is 0 Å². The van der Waals surface area contributed by atoms with Gasteiger partial charge in [0, 0.05) is 17.2 Å². The lowest BCUT2D eigenvalue weighted by Crippen LogP contribution is -2.40. The molecule has 3 heterocycles. The Balaban J connectivity index is 1.61. The standard InChI is InChI=1S/C29H24ClN3O7S/c1-15(2)39-28(35)25-16(3)31-29-32(26(25)17-5-7-18(30)8-6-17)27(34)24(41-29)14-20-10-12-22(40-20)21-11-9-19(33(36)37)13-23(21)38-4/h5-15,26H,1-4H3/b24-14-/t26-/m0/s1. The predicted molar refractivity (Wildman–Crippen MR) is 154 cm³/mol. The molecule has 0 unspecified atom stereocenters. The number of non-ortho nitro benzene ring substituents is 1. The summed E-state index contributed by atoms with van der Waals surface area (Å²) in [6, 6.07) is 13.7. The number of carbonyl (C=O) groups is 1. The molecule has 0 fully saturated rings. The number of ether oxygens (including phenoxy) is 2. The van der Waals surface area contributed by atoms with E-state index in [4.69, 9.17) is 25.5 Å². The smallest absolute Gasteiger partial charge is 0.338 e. The summed E-state index contributed by atoms with van der Waals surface area (Å²) in [4.78, 5) is 42.6. The van der Waals surface area contributed by atoms with Gasteiger partial charge in [-0.3, -0.25) is 19.5 Å². The predicted octanol–water partition coefficient (Wildman–Crippen LogP) is 5.02. The molecule has 0 bridgehead atoms. The van der Waals surface area contributed by atoms with E-state index in [1.807, 2.05) is 0 Å². The molecule has 1 aliphatic rings. The van der Waals surface area contributed by atoms with Crippen LogP contribution in [0.15, 0.2) is 80.1 Å². The van der Waals surface area contributed by atoms with Crippen molar-refractivity contribution in [3.05, 3.63) is 112 Å². The number of fused-ring (bicyclic) bond motifs is 1. The van der Waals surface area contributed by atoms with Crippen molar-refractivity contribution in [3.8, 4) is 17.1 Å². The molecule has 2 aromatic heterocycles. The molecule has 0 amide bonds. The van der Waals surface area contributed by atoms with Crippen LogP contribution in [0.25, 0.3) is 17.4 Å². The Morgan fingerprint density at radius 1 is 1.20 bits per heavy atom. The normalized spacial score (nSPS) is 15.1. The molecule has 0 N–H and O–H groups in total. The van der Waals surface area contributed by atoms with Crippen molar-refractivity contribution in [2.45, 2.75) is 32.9 Å². The van der Waals surface area contributed by atoms with Crippen LogP contribution in [0.5, 0.6) is 5.75 Å². The number of nitrogens with zero attached hydrogens (tertiary/aromatic N) is 3. The number of aromatic nitrogens is 1. The maximum Gasteiger partial charge on any atom is 0.338 e. The lowest BCUT2D eigenvalue weighted by atomic mass is 9.96. The molecular formula is C29H24ClN3O7S. The first kappa shape index (κ1) is 28.1. The van der Waals surface area contributed by atoms with Crippen LogP contribution < -0.4 is 19.6 Å². The Bertz CT molecular complexity index is 1880. The maximum absolute atomic E-state index is 13.8. The van der Waals surface area contributed by atoms with E-state index in [-0.39, 0.29) is 28.7 Å². The molecule has 2 aromatic carbocycles. The van der Waals surface area contributed by atoms with E-state index in [2.05, 4.69) is 4.99 Å². The molecule has 10 nitrogen and oxygen atoms in total. The Labute approximate surface area is 242 Å². The van der Waals surface area contributed by atoms with Gasteiger partial charge in [0.2, 0.25) is 0 Å². The monoisotopic (exact) mass is 593 g/mol. The van der Waals surface area contributed by atoms with Crippen molar-refractivity contribution >= 4 is 40.7 Å². The van der Waals surface area contributed by atoms with E-state index in [0.29, 0.717) is 42.7 Å². The molecule has 12 heteroatoms. The average molecular weight is 594 g/mol. The van der Waals surface area contributed by atoms with Crippen LogP contribution in [0.4, 0.5) is 5.69 Å². The number of carbonyl (C=O) groups excluding carboxylic acids is 1. The van der Waals surface area contributed by atoms with Gasteiger partial charge in [0.25, 0.3) is 11.2 Å². The summed E-state index contributed by atoms with van der Waals surface area (Å²) in [5, 5.41) is 11.7. The van der Waals surface area contributed by atoms with Crippen molar-refractivity contribution in [2.24, 2.45) is 4.99 Å². The van der Waals surface area contributed by atoms with Gasteiger partial charge < -0.3 is 13.9 Å². The second-order valence-corrected chi connectivity index (χ2v) is 10.9. The average Bonchev–Trinajstić information content (AvgIpc) is 3.51. The van der Waals surface area contributed by atoms with Gasteiger partial charge in [-0.2, -0.15) is 0 Å². The molecule has 1 aliphatic heterocycles. The third-order valence-corrected chi connectivity index (χ3v) is 7.57. The van der Waals surface area contributed by atoms with Crippen molar-refractivity contribution in [3.63, 3.8) is 0 Å².